The predicted octanol–water partition coefficient (Wildman–Crippen LogP) is 1.94. The van der Waals surface area contributed by atoms with Crippen LogP contribution in [0.5, 0.6) is 0 Å². The van der Waals surface area contributed by atoms with Crippen molar-refractivity contribution in [1.82, 2.24) is 5.32 Å². The molecule has 3 heteroatoms. The minimum atomic E-state index is 0.279. The summed E-state index contributed by atoms with van der Waals surface area (Å²) in [5.41, 5.74) is 2.64. The smallest absolute Gasteiger partial charge is 0.0443 e. The molecule has 1 aromatic carbocycles. The summed E-state index contributed by atoms with van der Waals surface area (Å²) in [4.78, 5) is 2.46. The van der Waals surface area contributed by atoms with E-state index in [1.165, 1.54) is 24.1 Å². The maximum Gasteiger partial charge on any atom is 0.0443 e. The summed E-state index contributed by atoms with van der Waals surface area (Å²) in [6, 6.07) is 9.35. The van der Waals surface area contributed by atoms with Gasteiger partial charge in [0.1, 0.15) is 0 Å². The van der Waals surface area contributed by atoms with Gasteiger partial charge >= 0.3 is 0 Å². The number of hydrogen-bond donors (Lipinski definition) is 2. The number of rotatable bonds is 5. The van der Waals surface area contributed by atoms with Gasteiger partial charge in [-0.15, -0.1) is 0 Å². The van der Waals surface area contributed by atoms with Gasteiger partial charge in [-0.05, 0) is 44.9 Å². The molecular formula is C15H24N2O. The van der Waals surface area contributed by atoms with E-state index in [1.807, 2.05) is 0 Å². The lowest BCUT2D eigenvalue weighted by Crippen LogP contribution is -2.46. The molecule has 0 bridgehead atoms. The highest BCUT2D eigenvalue weighted by Gasteiger charge is 2.19. The predicted molar refractivity (Wildman–Crippen MR) is 76.1 cm³/mol. The first-order chi connectivity index (χ1) is 8.79. The molecule has 1 aliphatic rings. The van der Waals surface area contributed by atoms with Gasteiger partial charge in [0.05, 0.1) is 0 Å². The second-order valence-corrected chi connectivity index (χ2v) is 5.15. The number of aryl methyl sites for hydroxylation is 1. The number of nitrogens with zero attached hydrogens (tertiary/aromatic N) is 1. The van der Waals surface area contributed by atoms with E-state index in [-0.39, 0.29) is 6.61 Å². The molecule has 1 fully saturated rings. The summed E-state index contributed by atoms with van der Waals surface area (Å²) in [7, 11) is 0. The third kappa shape index (κ3) is 3.72. The first-order valence-corrected chi connectivity index (χ1v) is 6.95. The van der Waals surface area contributed by atoms with Crippen molar-refractivity contribution in [2.75, 3.05) is 31.1 Å². The molecule has 0 aromatic heterocycles. The van der Waals surface area contributed by atoms with Crippen LogP contribution in [0.3, 0.4) is 0 Å². The third-order valence-electron chi connectivity index (χ3n) is 3.59. The van der Waals surface area contributed by atoms with Crippen molar-refractivity contribution < 1.29 is 5.11 Å². The van der Waals surface area contributed by atoms with Crippen molar-refractivity contribution in [3.8, 4) is 0 Å². The molecule has 1 unspecified atom stereocenters. The molecule has 0 saturated carbocycles. The Morgan fingerprint density at radius 2 is 2.11 bits per heavy atom. The Labute approximate surface area is 110 Å². The van der Waals surface area contributed by atoms with Crippen LogP contribution >= 0.6 is 0 Å². The average Bonchev–Trinajstić information content (AvgIpc) is 2.40. The van der Waals surface area contributed by atoms with Crippen molar-refractivity contribution >= 4 is 5.69 Å². The molecule has 1 aliphatic heterocycles. The fourth-order valence-corrected chi connectivity index (χ4v) is 2.52. The SMILES string of the molecule is Cc1ccc(N2CCCC(NCCCO)C2)cc1. The second-order valence-electron chi connectivity index (χ2n) is 5.15. The lowest BCUT2D eigenvalue weighted by atomic mass is 10.0. The quantitative estimate of drug-likeness (QED) is 0.782. The summed E-state index contributed by atoms with van der Waals surface area (Å²) in [5.74, 6) is 0. The van der Waals surface area contributed by atoms with Crippen molar-refractivity contribution in [2.24, 2.45) is 0 Å². The van der Waals surface area contributed by atoms with E-state index in [0.717, 1.165) is 26.1 Å². The second kappa shape index (κ2) is 6.76. The summed E-state index contributed by atoms with van der Waals surface area (Å²) < 4.78 is 0. The molecule has 1 saturated heterocycles. The van der Waals surface area contributed by atoms with Crippen molar-refractivity contribution in [1.29, 1.82) is 0 Å². The van der Waals surface area contributed by atoms with E-state index in [2.05, 4.69) is 41.4 Å². The van der Waals surface area contributed by atoms with Crippen LogP contribution < -0.4 is 10.2 Å². The minimum Gasteiger partial charge on any atom is -0.396 e. The van der Waals surface area contributed by atoms with Crippen molar-refractivity contribution in [2.45, 2.75) is 32.2 Å². The van der Waals surface area contributed by atoms with Crippen molar-refractivity contribution in [3.63, 3.8) is 0 Å². The van der Waals surface area contributed by atoms with Crippen LogP contribution in [-0.4, -0.2) is 37.4 Å². The van der Waals surface area contributed by atoms with Gasteiger partial charge in [-0.1, -0.05) is 17.7 Å². The minimum absolute atomic E-state index is 0.279. The van der Waals surface area contributed by atoms with Crippen LogP contribution in [-0.2, 0) is 0 Å². The zero-order valence-electron chi connectivity index (χ0n) is 11.2. The Morgan fingerprint density at radius 1 is 1.33 bits per heavy atom. The largest absolute Gasteiger partial charge is 0.396 e. The summed E-state index contributed by atoms with van der Waals surface area (Å²) in [6.45, 7) is 5.55. The van der Waals surface area contributed by atoms with E-state index in [9.17, 15) is 0 Å². The summed E-state index contributed by atoms with van der Waals surface area (Å²) in [5, 5.41) is 12.3. The Bertz CT molecular complexity index is 350. The number of nitrogens with one attached hydrogen (secondary N) is 1. The van der Waals surface area contributed by atoms with Crippen LogP contribution in [0.25, 0.3) is 0 Å². The van der Waals surface area contributed by atoms with Gasteiger partial charge in [-0.2, -0.15) is 0 Å². The van der Waals surface area contributed by atoms with E-state index >= 15 is 0 Å². The van der Waals surface area contributed by atoms with E-state index in [0.29, 0.717) is 6.04 Å². The zero-order valence-corrected chi connectivity index (χ0v) is 11.2. The molecule has 1 atom stereocenters. The maximum atomic E-state index is 8.80. The number of hydrogen-bond acceptors (Lipinski definition) is 3. The van der Waals surface area contributed by atoms with E-state index in [4.69, 9.17) is 5.11 Å². The van der Waals surface area contributed by atoms with Gasteiger partial charge < -0.3 is 15.3 Å². The maximum absolute atomic E-state index is 8.80. The molecule has 0 amide bonds. The van der Waals surface area contributed by atoms with Gasteiger partial charge in [0.2, 0.25) is 0 Å². The number of aliphatic hydroxyl groups excluding tert-OH is 1. The number of anilines is 1. The zero-order chi connectivity index (χ0) is 12.8. The Balaban J connectivity index is 1.88. The molecule has 1 heterocycles. The van der Waals surface area contributed by atoms with Crippen molar-refractivity contribution in [3.05, 3.63) is 29.8 Å². The van der Waals surface area contributed by atoms with Crippen LogP contribution in [0, 0.1) is 6.92 Å². The standard InChI is InChI=1S/C15H24N2O/c1-13-5-7-15(8-6-13)17-10-2-4-14(12-17)16-9-3-11-18/h5-8,14,16,18H,2-4,9-12H2,1H3. The summed E-state index contributed by atoms with van der Waals surface area (Å²) in [6.07, 6.45) is 3.33. The van der Waals surface area contributed by atoms with E-state index in [1.54, 1.807) is 0 Å². The van der Waals surface area contributed by atoms with Gasteiger partial charge in [0.15, 0.2) is 0 Å². The molecule has 0 spiro atoms. The van der Waals surface area contributed by atoms with Gasteiger partial charge in [0, 0.05) is 31.4 Å². The third-order valence-corrected chi connectivity index (χ3v) is 3.59. The van der Waals surface area contributed by atoms with Gasteiger partial charge in [0.25, 0.3) is 0 Å². The molecule has 2 rings (SSSR count). The fourth-order valence-electron chi connectivity index (χ4n) is 2.52. The van der Waals surface area contributed by atoms with Crippen LogP contribution in [0.15, 0.2) is 24.3 Å². The monoisotopic (exact) mass is 248 g/mol. The first kappa shape index (κ1) is 13.4. The Morgan fingerprint density at radius 3 is 2.83 bits per heavy atom. The average molecular weight is 248 g/mol. The summed E-state index contributed by atoms with van der Waals surface area (Å²) >= 11 is 0. The molecule has 1 aromatic rings. The van der Waals surface area contributed by atoms with Crippen LogP contribution in [0.2, 0.25) is 0 Å². The Kier molecular flexibility index (Phi) is 5.02. The highest BCUT2D eigenvalue weighted by molar-refractivity contribution is 5.48. The lowest BCUT2D eigenvalue weighted by Gasteiger charge is -2.35. The van der Waals surface area contributed by atoms with Gasteiger partial charge in [-0.3, -0.25) is 0 Å². The molecule has 0 aliphatic carbocycles. The molecule has 2 N–H and O–H groups in total. The van der Waals surface area contributed by atoms with Gasteiger partial charge in [-0.25, -0.2) is 0 Å². The lowest BCUT2D eigenvalue weighted by molar-refractivity contribution is 0.280. The molecular weight excluding hydrogens is 224 g/mol. The molecule has 100 valence electrons. The number of aliphatic hydroxyl groups is 1. The first-order valence-electron chi connectivity index (χ1n) is 6.95. The fraction of sp³-hybridized carbons (Fsp3) is 0.600. The Hall–Kier alpha value is -1.06. The number of benzene rings is 1. The highest BCUT2D eigenvalue weighted by Crippen LogP contribution is 2.20. The molecule has 18 heavy (non-hydrogen) atoms. The number of piperidine rings is 1. The topological polar surface area (TPSA) is 35.5 Å². The van der Waals surface area contributed by atoms with E-state index < -0.39 is 0 Å². The van der Waals surface area contributed by atoms with Crippen LogP contribution in [0.4, 0.5) is 5.69 Å². The van der Waals surface area contributed by atoms with Crippen LogP contribution in [0.1, 0.15) is 24.8 Å². The highest BCUT2D eigenvalue weighted by atomic mass is 16.3. The normalized spacial score (nSPS) is 20.1. The molecule has 3 nitrogen and oxygen atoms in total. The molecule has 0 radical (unpaired) electrons.